The summed E-state index contributed by atoms with van der Waals surface area (Å²) in [6.45, 7) is 0.734. The maximum absolute atomic E-state index is 12.4. The Kier molecular flexibility index (Phi) is 3.44. The monoisotopic (exact) mass is 275 g/mol. The minimum absolute atomic E-state index is 0.290. The molecule has 104 valence electrons. The lowest BCUT2D eigenvalue weighted by Gasteiger charge is -2.13. The zero-order chi connectivity index (χ0) is 14.2. The first-order valence-corrected chi connectivity index (χ1v) is 5.64. The van der Waals surface area contributed by atoms with Crippen LogP contribution in [-0.4, -0.2) is 41.0 Å². The standard InChI is InChI=1S/C11H12F3N3O2/c1-16-5-8(9(6-16)17(18)19)7-2-3-10(15-4-7)11(12,13)14/h2-4,8-9H,5-6H2,1H3/t8-,9+/m0/s1. The van der Waals surface area contributed by atoms with Crippen LogP contribution in [0.4, 0.5) is 13.2 Å². The quantitative estimate of drug-likeness (QED) is 0.609. The van der Waals surface area contributed by atoms with E-state index >= 15 is 0 Å². The first-order chi connectivity index (χ1) is 8.79. The van der Waals surface area contributed by atoms with Gasteiger partial charge in [0.1, 0.15) is 5.69 Å². The van der Waals surface area contributed by atoms with Gasteiger partial charge in [-0.1, -0.05) is 6.07 Å². The fourth-order valence-corrected chi connectivity index (χ4v) is 2.31. The van der Waals surface area contributed by atoms with E-state index in [1.54, 1.807) is 11.9 Å². The van der Waals surface area contributed by atoms with Gasteiger partial charge >= 0.3 is 6.18 Å². The van der Waals surface area contributed by atoms with Crippen molar-refractivity contribution in [2.24, 2.45) is 0 Å². The summed E-state index contributed by atoms with van der Waals surface area (Å²) in [6, 6.07) is 1.34. The van der Waals surface area contributed by atoms with Crippen LogP contribution in [-0.2, 0) is 6.18 Å². The Balaban J connectivity index is 2.24. The summed E-state index contributed by atoms with van der Waals surface area (Å²) in [6.07, 6.45) is -3.41. The minimum atomic E-state index is -4.49. The molecule has 1 aliphatic rings. The number of nitrogens with zero attached hydrogens (tertiary/aromatic N) is 3. The molecular weight excluding hydrogens is 263 g/mol. The topological polar surface area (TPSA) is 59.3 Å². The van der Waals surface area contributed by atoms with Gasteiger partial charge in [0.15, 0.2) is 0 Å². The summed E-state index contributed by atoms with van der Waals surface area (Å²) in [7, 11) is 1.74. The number of pyridine rings is 1. The Bertz CT molecular complexity index is 475. The lowest BCUT2D eigenvalue weighted by molar-refractivity contribution is -0.521. The molecule has 2 atom stereocenters. The second kappa shape index (κ2) is 4.76. The molecule has 0 radical (unpaired) electrons. The summed E-state index contributed by atoms with van der Waals surface area (Å²) in [5.74, 6) is -0.421. The molecule has 0 unspecified atom stereocenters. The van der Waals surface area contributed by atoms with Gasteiger partial charge in [0, 0.05) is 17.7 Å². The molecule has 5 nitrogen and oxygen atoms in total. The molecule has 19 heavy (non-hydrogen) atoms. The Morgan fingerprint density at radius 3 is 2.58 bits per heavy atom. The predicted octanol–water partition coefficient (Wildman–Crippen LogP) is 1.77. The first-order valence-electron chi connectivity index (χ1n) is 5.64. The predicted molar refractivity (Wildman–Crippen MR) is 60.3 cm³/mol. The van der Waals surface area contributed by atoms with Crippen LogP contribution in [0.15, 0.2) is 18.3 Å². The lowest BCUT2D eigenvalue weighted by Crippen LogP contribution is -2.27. The van der Waals surface area contributed by atoms with E-state index in [-0.39, 0.29) is 4.92 Å². The highest BCUT2D eigenvalue weighted by molar-refractivity contribution is 5.22. The lowest BCUT2D eigenvalue weighted by atomic mass is 9.96. The highest BCUT2D eigenvalue weighted by Gasteiger charge is 2.41. The summed E-state index contributed by atoms with van der Waals surface area (Å²) in [5.41, 5.74) is -0.515. The van der Waals surface area contributed by atoms with Crippen molar-refractivity contribution in [2.75, 3.05) is 20.1 Å². The molecule has 1 fully saturated rings. The second-order valence-corrected chi connectivity index (χ2v) is 4.65. The zero-order valence-corrected chi connectivity index (χ0v) is 10.1. The Labute approximate surface area is 107 Å². The van der Waals surface area contributed by atoms with Gasteiger partial charge in [0.25, 0.3) is 0 Å². The van der Waals surface area contributed by atoms with Gasteiger partial charge in [-0.05, 0) is 18.7 Å². The average molecular weight is 275 g/mol. The van der Waals surface area contributed by atoms with Crippen molar-refractivity contribution in [2.45, 2.75) is 18.1 Å². The van der Waals surface area contributed by atoms with E-state index in [0.717, 1.165) is 12.3 Å². The number of hydrogen-bond donors (Lipinski definition) is 0. The van der Waals surface area contributed by atoms with Gasteiger partial charge < -0.3 is 0 Å². The molecule has 2 rings (SSSR count). The number of aromatic nitrogens is 1. The molecule has 0 spiro atoms. The van der Waals surface area contributed by atoms with Gasteiger partial charge in [-0.15, -0.1) is 0 Å². The fraction of sp³-hybridized carbons (Fsp3) is 0.545. The molecule has 1 aliphatic heterocycles. The van der Waals surface area contributed by atoms with E-state index in [9.17, 15) is 23.3 Å². The highest BCUT2D eigenvalue weighted by atomic mass is 19.4. The zero-order valence-electron chi connectivity index (χ0n) is 10.1. The van der Waals surface area contributed by atoms with Crippen LogP contribution in [0.2, 0.25) is 0 Å². The van der Waals surface area contributed by atoms with Crippen molar-refractivity contribution < 1.29 is 18.1 Å². The van der Waals surface area contributed by atoms with Gasteiger partial charge in [-0.25, -0.2) is 0 Å². The van der Waals surface area contributed by atoms with Gasteiger partial charge in [0.2, 0.25) is 6.04 Å². The molecule has 0 bridgehead atoms. The van der Waals surface area contributed by atoms with Crippen molar-refractivity contribution in [3.8, 4) is 0 Å². The minimum Gasteiger partial charge on any atom is -0.299 e. The van der Waals surface area contributed by atoms with Crippen molar-refractivity contribution >= 4 is 0 Å². The third-order valence-corrected chi connectivity index (χ3v) is 3.25. The van der Waals surface area contributed by atoms with Crippen LogP contribution in [0, 0.1) is 10.1 Å². The third-order valence-electron chi connectivity index (χ3n) is 3.25. The number of likely N-dealkylation sites (tertiary alicyclic amines) is 1. The largest absolute Gasteiger partial charge is 0.433 e. The molecule has 0 aliphatic carbocycles. The molecule has 2 heterocycles. The Hall–Kier alpha value is -1.70. The van der Waals surface area contributed by atoms with Crippen LogP contribution >= 0.6 is 0 Å². The summed E-state index contributed by atoms with van der Waals surface area (Å²) in [5, 5.41) is 10.9. The van der Waals surface area contributed by atoms with Gasteiger partial charge in [-0.3, -0.25) is 20.0 Å². The van der Waals surface area contributed by atoms with Crippen LogP contribution in [0.25, 0.3) is 0 Å². The fourth-order valence-electron chi connectivity index (χ4n) is 2.31. The second-order valence-electron chi connectivity index (χ2n) is 4.65. The van der Waals surface area contributed by atoms with E-state index in [0.29, 0.717) is 18.7 Å². The van der Waals surface area contributed by atoms with Crippen LogP contribution < -0.4 is 0 Å². The van der Waals surface area contributed by atoms with E-state index in [1.807, 2.05) is 0 Å². The number of halogens is 3. The Morgan fingerprint density at radius 1 is 1.42 bits per heavy atom. The number of hydrogen-bond acceptors (Lipinski definition) is 4. The molecule has 8 heteroatoms. The van der Waals surface area contributed by atoms with E-state index in [2.05, 4.69) is 4.98 Å². The maximum atomic E-state index is 12.4. The molecule has 1 aromatic heterocycles. The molecule has 0 amide bonds. The van der Waals surface area contributed by atoms with E-state index < -0.39 is 23.8 Å². The third kappa shape index (κ3) is 2.83. The smallest absolute Gasteiger partial charge is 0.299 e. The van der Waals surface area contributed by atoms with Crippen molar-refractivity contribution in [3.63, 3.8) is 0 Å². The van der Waals surface area contributed by atoms with Crippen LogP contribution in [0.5, 0.6) is 0 Å². The van der Waals surface area contributed by atoms with Gasteiger partial charge in [-0.2, -0.15) is 13.2 Å². The first kappa shape index (κ1) is 13.7. The SMILES string of the molecule is CN1C[C@@H]([N+](=O)[O-])[C@H](c2ccc(C(F)(F)F)nc2)C1. The number of likely N-dealkylation sites (N-methyl/N-ethyl adjacent to an activating group) is 1. The molecule has 0 saturated carbocycles. The number of rotatable bonds is 2. The molecule has 1 aromatic rings. The summed E-state index contributed by atoms with van der Waals surface area (Å²) in [4.78, 5) is 15.7. The Morgan fingerprint density at radius 2 is 2.11 bits per heavy atom. The molecule has 0 aromatic carbocycles. The average Bonchev–Trinajstić information content (AvgIpc) is 2.70. The van der Waals surface area contributed by atoms with E-state index in [1.165, 1.54) is 6.07 Å². The normalized spacial score (nSPS) is 24.6. The van der Waals surface area contributed by atoms with Gasteiger partial charge in [0.05, 0.1) is 12.5 Å². The van der Waals surface area contributed by atoms with Crippen molar-refractivity contribution in [1.29, 1.82) is 0 Å². The molecular formula is C11H12F3N3O2. The maximum Gasteiger partial charge on any atom is 0.433 e. The molecule has 1 saturated heterocycles. The highest BCUT2D eigenvalue weighted by Crippen LogP contribution is 2.31. The van der Waals surface area contributed by atoms with Crippen molar-refractivity contribution in [1.82, 2.24) is 9.88 Å². The number of nitro groups is 1. The van der Waals surface area contributed by atoms with E-state index in [4.69, 9.17) is 0 Å². The summed E-state index contributed by atoms with van der Waals surface area (Å²) < 4.78 is 37.2. The summed E-state index contributed by atoms with van der Waals surface area (Å²) >= 11 is 0. The van der Waals surface area contributed by atoms with Crippen LogP contribution in [0.1, 0.15) is 17.2 Å². The number of alkyl halides is 3. The van der Waals surface area contributed by atoms with Crippen LogP contribution in [0.3, 0.4) is 0 Å². The molecule has 0 N–H and O–H groups in total. The van der Waals surface area contributed by atoms with Crippen molar-refractivity contribution in [3.05, 3.63) is 39.7 Å².